The third-order valence-electron chi connectivity index (χ3n) is 5.82. The van der Waals surface area contributed by atoms with Gasteiger partial charge in [-0.25, -0.2) is 4.98 Å². The number of fused-ring (bicyclic) bond motifs is 1. The molecular formula is C22H22N4O2S2. The van der Waals surface area contributed by atoms with Crippen LogP contribution in [0.15, 0.2) is 46.6 Å². The van der Waals surface area contributed by atoms with E-state index in [0.29, 0.717) is 11.1 Å². The van der Waals surface area contributed by atoms with E-state index in [2.05, 4.69) is 31.6 Å². The highest BCUT2D eigenvalue weighted by molar-refractivity contribution is 7.09. The molecule has 0 spiro atoms. The highest BCUT2D eigenvalue weighted by Crippen LogP contribution is 2.37. The molecule has 2 aliphatic heterocycles. The lowest BCUT2D eigenvalue weighted by molar-refractivity contribution is 0.0595. The van der Waals surface area contributed by atoms with Crippen molar-refractivity contribution in [1.82, 2.24) is 14.8 Å². The number of hydrogen-bond donors (Lipinski definition) is 0. The van der Waals surface area contributed by atoms with Gasteiger partial charge in [-0.3, -0.25) is 19.4 Å². The molecule has 1 fully saturated rings. The molecule has 0 saturated carbocycles. The van der Waals surface area contributed by atoms with Crippen molar-refractivity contribution in [2.24, 2.45) is 0 Å². The molecule has 0 radical (unpaired) electrons. The smallest absolute Gasteiger partial charge is 0.264 e. The van der Waals surface area contributed by atoms with Gasteiger partial charge in [-0.05, 0) is 41.4 Å². The van der Waals surface area contributed by atoms with Gasteiger partial charge < -0.3 is 4.90 Å². The molecule has 30 heavy (non-hydrogen) atoms. The van der Waals surface area contributed by atoms with Gasteiger partial charge in [0.2, 0.25) is 0 Å². The molecule has 5 rings (SSSR count). The first kappa shape index (κ1) is 19.4. The number of carbonyl (C=O) groups excluding carboxylic acids is 2. The summed E-state index contributed by atoms with van der Waals surface area (Å²) in [5.41, 5.74) is 3.26. The number of hydrogen-bond acceptors (Lipinski definition) is 7. The highest BCUT2D eigenvalue weighted by atomic mass is 32.1. The minimum Gasteiger partial charge on any atom is -0.368 e. The highest BCUT2D eigenvalue weighted by Gasteiger charge is 2.42. The zero-order valence-corrected chi connectivity index (χ0v) is 18.3. The number of benzene rings is 1. The summed E-state index contributed by atoms with van der Waals surface area (Å²) in [5.74, 6) is -0.440. The normalized spacial score (nSPS) is 18.2. The zero-order valence-electron chi connectivity index (χ0n) is 16.7. The molecule has 8 heteroatoms. The van der Waals surface area contributed by atoms with Crippen molar-refractivity contribution >= 4 is 40.2 Å². The Morgan fingerprint density at radius 3 is 2.60 bits per heavy atom. The van der Waals surface area contributed by atoms with Gasteiger partial charge in [0.05, 0.1) is 22.9 Å². The topological polar surface area (TPSA) is 56.8 Å². The Morgan fingerprint density at radius 1 is 1.07 bits per heavy atom. The van der Waals surface area contributed by atoms with Gasteiger partial charge in [-0.15, -0.1) is 11.3 Å². The predicted molar refractivity (Wildman–Crippen MR) is 119 cm³/mol. The van der Waals surface area contributed by atoms with Crippen LogP contribution in [0.25, 0.3) is 0 Å². The number of imide groups is 1. The Morgan fingerprint density at radius 2 is 1.90 bits per heavy atom. The molecule has 1 aromatic carbocycles. The van der Waals surface area contributed by atoms with Crippen LogP contribution in [0, 0.1) is 0 Å². The summed E-state index contributed by atoms with van der Waals surface area (Å²) >= 11 is 3.19. The van der Waals surface area contributed by atoms with Crippen molar-refractivity contribution in [3.05, 3.63) is 68.3 Å². The Balaban J connectivity index is 1.36. The fraction of sp³-hybridized carbons (Fsp3) is 0.318. The molecule has 4 heterocycles. The van der Waals surface area contributed by atoms with E-state index in [4.69, 9.17) is 0 Å². The van der Waals surface area contributed by atoms with Crippen molar-refractivity contribution in [1.29, 1.82) is 0 Å². The number of amides is 2. The first-order valence-electron chi connectivity index (χ1n) is 10.0. The van der Waals surface area contributed by atoms with Crippen LogP contribution in [0.3, 0.4) is 0 Å². The summed E-state index contributed by atoms with van der Waals surface area (Å²) in [5, 5.41) is 6.94. The predicted octanol–water partition coefficient (Wildman–Crippen LogP) is 3.88. The second kappa shape index (κ2) is 7.94. The van der Waals surface area contributed by atoms with Crippen molar-refractivity contribution in [3.63, 3.8) is 0 Å². The van der Waals surface area contributed by atoms with E-state index in [1.165, 1.54) is 21.8 Å². The third-order valence-corrected chi connectivity index (χ3v) is 7.50. The van der Waals surface area contributed by atoms with Crippen LogP contribution in [-0.4, -0.2) is 52.8 Å². The van der Waals surface area contributed by atoms with E-state index in [1.807, 2.05) is 24.4 Å². The molecular weight excluding hydrogens is 416 g/mol. The second-order valence-electron chi connectivity index (χ2n) is 7.62. The molecule has 0 bridgehead atoms. The summed E-state index contributed by atoms with van der Waals surface area (Å²) < 4.78 is 0. The molecule has 2 aromatic heterocycles. The average Bonchev–Trinajstić information content (AvgIpc) is 3.51. The first-order valence-corrected chi connectivity index (χ1v) is 11.8. The van der Waals surface area contributed by atoms with Gasteiger partial charge in [0.1, 0.15) is 5.01 Å². The van der Waals surface area contributed by atoms with Crippen LogP contribution in [0.5, 0.6) is 0 Å². The number of aromatic nitrogens is 1. The number of nitrogens with zero attached hydrogens (tertiary/aromatic N) is 4. The van der Waals surface area contributed by atoms with E-state index < -0.39 is 0 Å². The number of piperazine rings is 1. The molecule has 3 aromatic rings. The van der Waals surface area contributed by atoms with E-state index >= 15 is 0 Å². The molecule has 0 aliphatic carbocycles. The van der Waals surface area contributed by atoms with E-state index in [-0.39, 0.29) is 17.9 Å². The van der Waals surface area contributed by atoms with E-state index in [0.717, 1.165) is 43.4 Å². The van der Waals surface area contributed by atoms with E-state index in [1.54, 1.807) is 23.6 Å². The summed E-state index contributed by atoms with van der Waals surface area (Å²) in [4.78, 5) is 36.7. The van der Waals surface area contributed by atoms with Crippen LogP contribution >= 0.6 is 22.7 Å². The van der Waals surface area contributed by atoms with Crippen LogP contribution in [0.1, 0.15) is 44.3 Å². The molecule has 154 valence electrons. The van der Waals surface area contributed by atoms with Gasteiger partial charge in [-0.1, -0.05) is 6.07 Å². The van der Waals surface area contributed by atoms with Gasteiger partial charge in [0.25, 0.3) is 11.8 Å². The maximum atomic E-state index is 13.3. The fourth-order valence-electron chi connectivity index (χ4n) is 4.24. The molecule has 1 unspecified atom stereocenters. The molecule has 1 saturated heterocycles. The largest absolute Gasteiger partial charge is 0.368 e. The van der Waals surface area contributed by atoms with E-state index in [9.17, 15) is 9.59 Å². The second-order valence-corrected chi connectivity index (χ2v) is 9.33. The molecule has 2 amide bonds. The first-order chi connectivity index (χ1) is 14.6. The minimum absolute atomic E-state index is 0.214. The fourth-order valence-corrected chi connectivity index (χ4v) is 5.58. The van der Waals surface area contributed by atoms with Gasteiger partial charge >= 0.3 is 0 Å². The van der Waals surface area contributed by atoms with Crippen LogP contribution in [0.2, 0.25) is 0 Å². The standard InChI is InChI=1S/C22H22N4O2S2/c1-15(20-23-6-12-30-20)26-21(27)17-3-2-4-18(19(17)22(26)28)25-9-7-24(8-10-25)13-16-5-11-29-14-16/h2-6,11-12,14-15H,7-10,13H2,1H3. The Kier molecular flexibility index (Phi) is 5.14. The Bertz CT molecular complexity index is 1060. The Labute approximate surface area is 183 Å². The molecule has 6 nitrogen and oxygen atoms in total. The minimum atomic E-state index is -0.368. The summed E-state index contributed by atoms with van der Waals surface area (Å²) in [6.45, 7) is 6.36. The lowest BCUT2D eigenvalue weighted by atomic mass is 10.1. The van der Waals surface area contributed by atoms with Crippen LogP contribution in [-0.2, 0) is 6.54 Å². The van der Waals surface area contributed by atoms with Gasteiger partial charge in [0.15, 0.2) is 0 Å². The van der Waals surface area contributed by atoms with Crippen LogP contribution in [0.4, 0.5) is 5.69 Å². The molecule has 2 aliphatic rings. The maximum Gasteiger partial charge on any atom is 0.264 e. The van der Waals surface area contributed by atoms with Crippen molar-refractivity contribution < 1.29 is 9.59 Å². The van der Waals surface area contributed by atoms with Crippen molar-refractivity contribution in [2.45, 2.75) is 19.5 Å². The summed E-state index contributed by atoms with van der Waals surface area (Å²) in [6, 6.07) is 7.42. The molecule has 1 atom stereocenters. The Hall–Kier alpha value is -2.55. The maximum absolute atomic E-state index is 13.3. The lowest BCUT2D eigenvalue weighted by Gasteiger charge is -2.36. The summed E-state index contributed by atoms with van der Waals surface area (Å²) in [7, 11) is 0. The van der Waals surface area contributed by atoms with Crippen molar-refractivity contribution in [3.8, 4) is 0 Å². The summed E-state index contributed by atoms with van der Waals surface area (Å²) in [6.07, 6.45) is 1.70. The van der Waals surface area contributed by atoms with Gasteiger partial charge in [0, 0.05) is 44.3 Å². The number of carbonyl (C=O) groups is 2. The average molecular weight is 439 g/mol. The quantitative estimate of drug-likeness (QED) is 0.566. The van der Waals surface area contributed by atoms with Crippen LogP contribution < -0.4 is 4.90 Å². The zero-order chi connectivity index (χ0) is 20.7. The SMILES string of the molecule is CC(c1nccs1)N1C(=O)c2cccc(N3CCN(Cc4ccsc4)CC3)c2C1=O. The number of anilines is 1. The lowest BCUT2D eigenvalue weighted by Crippen LogP contribution is -2.46. The monoisotopic (exact) mass is 438 g/mol. The molecule has 0 N–H and O–H groups in total. The number of thiazole rings is 1. The number of rotatable bonds is 5. The van der Waals surface area contributed by atoms with Crippen molar-refractivity contribution in [2.75, 3.05) is 31.1 Å². The number of thiophene rings is 1. The van der Waals surface area contributed by atoms with Gasteiger partial charge in [-0.2, -0.15) is 11.3 Å². The third kappa shape index (κ3) is 3.34.